The molecule has 25 heavy (non-hydrogen) atoms. The first-order valence-electron chi connectivity index (χ1n) is 7.56. The molecule has 4 nitrogen and oxygen atoms in total. The Morgan fingerprint density at radius 1 is 1.04 bits per heavy atom. The smallest absolute Gasteiger partial charge is 0.234 e. The largest absolute Gasteiger partial charge is 0.382 e. The highest BCUT2D eigenvalue weighted by Crippen LogP contribution is 2.30. The number of aliphatic hydroxyl groups excluding tert-OH is 1. The van der Waals surface area contributed by atoms with Gasteiger partial charge < -0.3 is 5.11 Å². The molecule has 3 rings (SSSR count). The zero-order valence-corrected chi connectivity index (χ0v) is 15.7. The Balaban J connectivity index is 1.61. The highest BCUT2D eigenvalue weighted by atomic mass is 32.2. The molecule has 0 spiro atoms. The third-order valence-corrected chi connectivity index (χ3v) is 6.55. The standard InChI is InChI=1S/C18H17NO3S3/c20-18(16-7-4-11-23-16)17-9-8-15(24-17)13-19-25(21,22)12-10-14-5-2-1-3-6-14/h1-12,18-20H,13H2/b12-10+. The molecule has 130 valence electrons. The summed E-state index contributed by atoms with van der Waals surface area (Å²) < 4.78 is 26.7. The molecule has 0 fully saturated rings. The molecule has 0 aliphatic rings. The highest BCUT2D eigenvalue weighted by Gasteiger charge is 2.14. The topological polar surface area (TPSA) is 66.4 Å². The van der Waals surface area contributed by atoms with Gasteiger partial charge in [0.05, 0.1) is 0 Å². The fourth-order valence-corrected chi connectivity index (χ4v) is 4.82. The maximum absolute atomic E-state index is 12.1. The van der Waals surface area contributed by atoms with Crippen LogP contribution in [0.1, 0.15) is 26.3 Å². The zero-order chi connectivity index (χ0) is 17.7. The van der Waals surface area contributed by atoms with Crippen LogP contribution in [0.3, 0.4) is 0 Å². The molecule has 1 atom stereocenters. The molecule has 0 aliphatic heterocycles. The van der Waals surface area contributed by atoms with Crippen molar-refractivity contribution in [3.05, 3.63) is 85.6 Å². The van der Waals surface area contributed by atoms with E-state index in [0.717, 1.165) is 25.6 Å². The summed E-state index contributed by atoms with van der Waals surface area (Å²) in [5.41, 5.74) is 0.824. The van der Waals surface area contributed by atoms with Gasteiger partial charge in [-0.2, -0.15) is 0 Å². The van der Waals surface area contributed by atoms with Gasteiger partial charge in [0.1, 0.15) is 6.10 Å². The molecule has 0 radical (unpaired) electrons. The Kier molecular flexibility index (Phi) is 5.82. The van der Waals surface area contributed by atoms with E-state index >= 15 is 0 Å². The molecule has 2 heterocycles. The van der Waals surface area contributed by atoms with Gasteiger partial charge in [0.15, 0.2) is 0 Å². The summed E-state index contributed by atoms with van der Waals surface area (Å²) in [5, 5.41) is 13.4. The quantitative estimate of drug-likeness (QED) is 0.640. The number of benzene rings is 1. The molecule has 2 N–H and O–H groups in total. The van der Waals surface area contributed by atoms with Crippen LogP contribution in [0.2, 0.25) is 0 Å². The van der Waals surface area contributed by atoms with E-state index < -0.39 is 16.1 Å². The second-order valence-corrected chi connectivity index (χ2v) is 9.13. The van der Waals surface area contributed by atoms with Gasteiger partial charge in [0.25, 0.3) is 0 Å². The number of rotatable bonds is 7. The summed E-state index contributed by atoms with van der Waals surface area (Å²) in [4.78, 5) is 2.53. The van der Waals surface area contributed by atoms with E-state index in [1.165, 1.54) is 22.7 Å². The van der Waals surface area contributed by atoms with Crippen molar-refractivity contribution >= 4 is 38.8 Å². The molecule has 0 saturated heterocycles. The van der Waals surface area contributed by atoms with Gasteiger partial charge in [-0.05, 0) is 35.2 Å². The fourth-order valence-electron chi connectivity index (χ4n) is 2.18. The minimum atomic E-state index is -3.52. The van der Waals surface area contributed by atoms with Crippen molar-refractivity contribution in [2.45, 2.75) is 12.6 Å². The van der Waals surface area contributed by atoms with E-state index in [1.807, 2.05) is 60.0 Å². The molecule has 3 aromatic rings. The first kappa shape index (κ1) is 18.0. The van der Waals surface area contributed by atoms with Crippen LogP contribution < -0.4 is 4.72 Å². The Labute approximate surface area is 155 Å². The summed E-state index contributed by atoms with van der Waals surface area (Å²) >= 11 is 2.89. The molecule has 0 amide bonds. The number of thiophene rings is 2. The van der Waals surface area contributed by atoms with Crippen molar-refractivity contribution < 1.29 is 13.5 Å². The Morgan fingerprint density at radius 2 is 1.84 bits per heavy atom. The Bertz CT molecular complexity index is 929. The van der Waals surface area contributed by atoms with E-state index in [2.05, 4.69) is 4.72 Å². The third-order valence-electron chi connectivity index (χ3n) is 3.45. The first-order chi connectivity index (χ1) is 12.0. The minimum absolute atomic E-state index is 0.198. The molecule has 0 bridgehead atoms. The van der Waals surface area contributed by atoms with Crippen LogP contribution in [0, 0.1) is 0 Å². The maximum Gasteiger partial charge on any atom is 0.234 e. The minimum Gasteiger partial charge on any atom is -0.382 e. The van der Waals surface area contributed by atoms with Crippen LogP contribution in [0.5, 0.6) is 0 Å². The Morgan fingerprint density at radius 3 is 2.56 bits per heavy atom. The van der Waals surface area contributed by atoms with Crippen molar-refractivity contribution in [1.29, 1.82) is 0 Å². The molecule has 0 aliphatic carbocycles. The van der Waals surface area contributed by atoms with E-state index in [9.17, 15) is 13.5 Å². The lowest BCUT2D eigenvalue weighted by molar-refractivity contribution is 0.228. The van der Waals surface area contributed by atoms with Crippen LogP contribution in [-0.4, -0.2) is 13.5 Å². The van der Waals surface area contributed by atoms with Gasteiger partial charge in [-0.1, -0.05) is 36.4 Å². The van der Waals surface area contributed by atoms with Crippen molar-refractivity contribution in [3.63, 3.8) is 0 Å². The normalized spacial score (nSPS) is 13.3. The second kappa shape index (κ2) is 8.07. The van der Waals surface area contributed by atoms with Gasteiger partial charge in [0, 0.05) is 26.6 Å². The van der Waals surface area contributed by atoms with Crippen LogP contribution in [0.4, 0.5) is 0 Å². The van der Waals surface area contributed by atoms with Crippen LogP contribution in [0.25, 0.3) is 6.08 Å². The number of nitrogens with one attached hydrogen (secondary N) is 1. The molecule has 1 aromatic carbocycles. The number of hydrogen-bond donors (Lipinski definition) is 2. The lowest BCUT2D eigenvalue weighted by Crippen LogP contribution is -2.19. The van der Waals surface area contributed by atoms with Gasteiger partial charge in [-0.15, -0.1) is 22.7 Å². The third kappa shape index (κ3) is 5.10. The Hall–Kier alpha value is -1.77. The van der Waals surface area contributed by atoms with Crippen molar-refractivity contribution in [2.75, 3.05) is 0 Å². The van der Waals surface area contributed by atoms with E-state index in [4.69, 9.17) is 0 Å². The predicted molar refractivity (Wildman–Crippen MR) is 104 cm³/mol. The van der Waals surface area contributed by atoms with E-state index in [1.54, 1.807) is 6.08 Å². The monoisotopic (exact) mass is 391 g/mol. The summed E-state index contributed by atoms with van der Waals surface area (Å²) in [6.45, 7) is 0.198. The molecular weight excluding hydrogens is 374 g/mol. The fraction of sp³-hybridized carbons (Fsp3) is 0.111. The highest BCUT2D eigenvalue weighted by molar-refractivity contribution is 7.92. The van der Waals surface area contributed by atoms with Crippen LogP contribution in [-0.2, 0) is 16.6 Å². The lowest BCUT2D eigenvalue weighted by Gasteiger charge is -2.05. The van der Waals surface area contributed by atoms with Gasteiger partial charge in [0.2, 0.25) is 10.0 Å². The number of aliphatic hydroxyl groups is 1. The summed E-state index contributed by atoms with van der Waals surface area (Å²) in [6, 6.07) is 16.7. The summed E-state index contributed by atoms with van der Waals surface area (Å²) in [6.07, 6.45) is 0.899. The number of sulfonamides is 1. The van der Waals surface area contributed by atoms with E-state index in [0.29, 0.717) is 0 Å². The average Bonchev–Trinajstić information content (AvgIpc) is 3.31. The van der Waals surface area contributed by atoms with Crippen molar-refractivity contribution in [2.24, 2.45) is 0 Å². The zero-order valence-electron chi connectivity index (χ0n) is 13.2. The van der Waals surface area contributed by atoms with Gasteiger partial charge >= 0.3 is 0 Å². The van der Waals surface area contributed by atoms with Crippen molar-refractivity contribution in [3.8, 4) is 0 Å². The summed E-state index contributed by atoms with van der Waals surface area (Å²) in [5.74, 6) is 0. The SMILES string of the molecule is O=S(=O)(/C=C/c1ccccc1)NCc1ccc(C(O)c2cccs2)s1. The molecular formula is C18H17NO3S3. The second-order valence-electron chi connectivity index (χ2n) is 5.30. The summed E-state index contributed by atoms with van der Waals surface area (Å²) in [7, 11) is -3.52. The molecule has 1 unspecified atom stereocenters. The van der Waals surface area contributed by atoms with Gasteiger partial charge in [-0.25, -0.2) is 13.1 Å². The first-order valence-corrected chi connectivity index (χ1v) is 10.8. The average molecular weight is 392 g/mol. The van der Waals surface area contributed by atoms with Crippen molar-refractivity contribution in [1.82, 2.24) is 4.72 Å². The molecule has 7 heteroatoms. The van der Waals surface area contributed by atoms with Crippen LogP contribution in [0.15, 0.2) is 65.4 Å². The lowest BCUT2D eigenvalue weighted by atomic mass is 10.2. The molecule has 0 saturated carbocycles. The van der Waals surface area contributed by atoms with Crippen LogP contribution >= 0.6 is 22.7 Å². The molecule has 2 aromatic heterocycles. The predicted octanol–water partition coefficient (Wildman–Crippen LogP) is 3.98. The van der Waals surface area contributed by atoms with Gasteiger partial charge in [-0.3, -0.25) is 0 Å². The maximum atomic E-state index is 12.1. The number of hydrogen-bond acceptors (Lipinski definition) is 5. The van der Waals surface area contributed by atoms with E-state index in [-0.39, 0.29) is 6.54 Å².